The predicted octanol–water partition coefficient (Wildman–Crippen LogP) is 0.988. The number of nitrogens with zero attached hydrogens (tertiary/aromatic N) is 1. The maximum Gasteiger partial charge on any atom is 0.237 e. The fourth-order valence-corrected chi connectivity index (χ4v) is 2.62. The Kier molecular flexibility index (Phi) is 4.27. The van der Waals surface area contributed by atoms with Gasteiger partial charge in [-0.2, -0.15) is 0 Å². The van der Waals surface area contributed by atoms with Gasteiger partial charge in [0.05, 0.1) is 13.2 Å². The number of likely N-dealkylation sites (N-methyl/N-ethyl adjacent to an activating group) is 1. The molecular formula is C14H21N3O2. The highest BCUT2D eigenvalue weighted by molar-refractivity contribution is 5.81. The average molecular weight is 263 g/mol. The van der Waals surface area contributed by atoms with E-state index in [2.05, 4.69) is 10.2 Å². The highest BCUT2D eigenvalue weighted by Gasteiger charge is 2.30. The Hall–Kier alpha value is -1.75. The molecule has 1 atom stereocenters. The van der Waals surface area contributed by atoms with Crippen LogP contribution >= 0.6 is 0 Å². The lowest BCUT2D eigenvalue weighted by atomic mass is 10.1. The molecule has 2 rings (SSSR count). The van der Waals surface area contributed by atoms with E-state index in [1.165, 1.54) is 0 Å². The van der Waals surface area contributed by atoms with Crippen molar-refractivity contribution in [1.82, 2.24) is 10.2 Å². The Labute approximate surface area is 113 Å². The van der Waals surface area contributed by atoms with Crippen LogP contribution in [0.1, 0.15) is 18.4 Å². The number of hydrogen-bond acceptors (Lipinski definition) is 4. The van der Waals surface area contributed by atoms with Gasteiger partial charge in [0.25, 0.3) is 0 Å². The zero-order valence-corrected chi connectivity index (χ0v) is 11.5. The van der Waals surface area contributed by atoms with Gasteiger partial charge in [0.1, 0.15) is 5.75 Å². The summed E-state index contributed by atoms with van der Waals surface area (Å²) >= 11 is 0. The fourth-order valence-electron chi connectivity index (χ4n) is 2.62. The van der Waals surface area contributed by atoms with E-state index in [-0.39, 0.29) is 11.9 Å². The van der Waals surface area contributed by atoms with Crippen LogP contribution in [-0.2, 0) is 11.3 Å². The van der Waals surface area contributed by atoms with Crippen molar-refractivity contribution in [2.24, 2.45) is 0 Å². The molecule has 1 heterocycles. The molecule has 0 aromatic heterocycles. The second-order valence-electron chi connectivity index (χ2n) is 4.81. The molecule has 104 valence electrons. The molecule has 1 aliphatic rings. The summed E-state index contributed by atoms with van der Waals surface area (Å²) in [6, 6.07) is 5.56. The van der Waals surface area contributed by atoms with Crippen molar-refractivity contribution in [2.45, 2.75) is 25.4 Å². The SMILES string of the molecule is CNC(=O)C1CCCN1Cc1cc(N)ccc1OC. The third-order valence-electron chi connectivity index (χ3n) is 3.59. The molecule has 1 aliphatic heterocycles. The van der Waals surface area contributed by atoms with Gasteiger partial charge in [-0.3, -0.25) is 9.69 Å². The number of methoxy groups -OCH3 is 1. The van der Waals surface area contributed by atoms with Gasteiger partial charge >= 0.3 is 0 Å². The number of ether oxygens (including phenoxy) is 1. The third kappa shape index (κ3) is 2.98. The average Bonchev–Trinajstić information content (AvgIpc) is 2.86. The van der Waals surface area contributed by atoms with E-state index in [9.17, 15) is 4.79 Å². The minimum Gasteiger partial charge on any atom is -0.496 e. The topological polar surface area (TPSA) is 67.6 Å². The third-order valence-corrected chi connectivity index (χ3v) is 3.59. The Morgan fingerprint density at radius 2 is 2.37 bits per heavy atom. The smallest absolute Gasteiger partial charge is 0.237 e. The van der Waals surface area contributed by atoms with E-state index in [1.807, 2.05) is 18.2 Å². The highest BCUT2D eigenvalue weighted by Crippen LogP contribution is 2.26. The summed E-state index contributed by atoms with van der Waals surface area (Å²) in [6.07, 6.45) is 1.95. The van der Waals surface area contributed by atoms with Gasteiger partial charge in [-0.05, 0) is 37.6 Å². The van der Waals surface area contributed by atoms with Crippen molar-refractivity contribution in [3.05, 3.63) is 23.8 Å². The van der Waals surface area contributed by atoms with Crippen LogP contribution in [0.2, 0.25) is 0 Å². The first-order valence-corrected chi connectivity index (χ1v) is 6.53. The molecule has 1 unspecified atom stereocenters. The monoisotopic (exact) mass is 263 g/mol. The van der Waals surface area contributed by atoms with Crippen molar-refractivity contribution in [3.63, 3.8) is 0 Å². The molecular weight excluding hydrogens is 242 g/mol. The van der Waals surface area contributed by atoms with Crippen LogP contribution in [0.5, 0.6) is 5.75 Å². The Bertz CT molecular complexity index is 462. The molecule has 0 spiro atoms. The number of carbonyl (C=O) groups is 1. The molecule has 1 amide bonds. The van der Waals surface area contributed by atoms with Crippen LogP contribution in [-0.4, -0.2) is 37.6 Å². The maximum atomic E-state index is 11.8. The summed E-state index contributed by atoms with van der Waals surface area (Å²) in [6.45, 7) is 1.61. The molecule has 0 saturated carbocycles. The molecule has 0 bridgehead atoms. The van der Waals surface area contributed by atoms with Gasteiger partial charge < -0.3 is 15.8 Å². The first-order valence-electron chi connectivity index (χ1n) is 6.53. The van der Waals surface area contributed by atoms with Gasteiger partial charge in [-0.25, -0.2) is 0 Å². The number of nitrogens with one attached hydrogen (secondary N) is 1. The maximum absolute atomic E-state index is 11.8. The van der Waals surface area contributed by atoms with Crippen molar-refractivity contribution in [2.75, 3.05) is 26.4 Å². The molecule has 19 heavy (non-hydrogen) atoms. The second kappa shape index (κ2) is 5.93. The number of likely N-dealkylation sites (tertiary alicyclic amines) is 1. The van der Waals surface area contributed by atoms with Crippen molar-refractivity contribution >= 4 is 11.6 Å². The van der Waals surface area contributed by atoms with Crippen LogP contribution < -0.4 is 15.8 Å². The molecule has 5 heteroatoms. The first-order chi connectivity index (χ1) is 9.15. The van der Waals surface area contributed by atoms with Crippen LogP contribution in [0.3, 0.4) is 0 Å². The molecule has 0 aliphatic carbocycles. The standard InChI is InChI=1S/C14H21N3O2/c1-16-14(18)12-4-3-7-17(12)9-10-8-11(15)5-6-13(10)19-2/h5-6,8,12H,3-4,7,9,15H2,1-2H3,(H,16,18). The number of anilines is 1. The van der Waals surface area contributed by atoms with Gasteiger partial charge in [0, 0.05) is 24.8 Å². The molecule has 3 N–H and O–H groups in total. The molecule has 1 aromatic carbocycles. The van der Waals surface area contributed by atoms with E-state index in [0.717, 1.165) is 30.7 Å². The minimum atomic E-state index is -0.0452. The van der Waals surface area contributed by atoms with E-state index >= 15 is 0 Å². The van der Waals surface area contributed by atoms with Crippen LogP contribution in [0.15, 0.2) is 18.2 Å². The quantitative estimate of drug-likeness (QED) is 0.795. The van der Waals surface area contributed by atoms with E-state index in [0.29, 0.717) is 12.2 Å². The van der Waals surface area contributed by atoms with Gasteiger partial charge in [-0.1, -0.05) is 0 Å². The molecule has 0 radical (unpaired) electrons. The van der Waals surface area contributed by atoms with Crippen molar-refractivity contribution < 1.29 is 9.53 Å². The number of amides is 1. The minimum absolute atomic E-state index is 0.0452. The first kappa shape index (κ1) is 13.7. The summed E-state index contributed by atoms with van der Waals surface area (Å²) in [5.74, 6) is 0.900. The molecule has 1 aromatic rings. The number of rotatable bonds is 4. The van der Waals surface area contributed by atoms with Crippen molar-refractivity contribution in [3.8, 4) is 5.75 Å². The lowest BCUT2D eigenvalue weighted by Gasteiger charge is -2.24. The van der Waals surface area contributed by atoms with E-state index in [4.69, 9.17) is 10.5 Å². The molecule has 1 saturated heterocycles. The number of benzene rings is 1. The number of nitrogen functional groups attached to an aromatic ring is 1. The Morgan fingerprint density at radius 1 is 1.58 bits per heavy atom. The lowest BCUT2D eigenvalue weighted by Crippen LogP contribution is -2.41. The summed E-state index contributed by atoms with van der Waals surface area (Å²) in [5.41, 5.74) is 7.56. The molecule has 5 nitrogen and oxygen atoms in total. The predicted molar refractivity (Wildman–Crippen MR) is 74.9 cm³/mol. The summed E-state index contributed by atoms with van der Waals surface area (Å²) < 4.78 is 5.35. The normalized spacial score (nSPS) is 19.4. The van der Waals surface area contributed by atoms with Gasteiger partial charge in [0.2, 0.25) is 5.91 Å². The van der Waals surface area contributed by atoms with Gasteiger partial charge in [-0.15, -0.1) is 0 Å². The second-order valence-corrected chi connectivity index (χ2v) is 4.81. The van der Waals surface area contributed by atoms with Crippen LogP contribution in [0.4, 0.5) is 5.69 Å². The van der Waals surface area contributed by atoms with Crippen LogP contribution in [0, 0.1) is 0 Å². The Balaban J connectivity index is 2.16. The number of hydrogen-bond donors (Lipinski definition) is 2. The van der Waals surface area contributed by atoms with Crippen LogP contribution in [0.25, 0.3) is 0 Å². The number of carbonyl (C=O) groups excluding carboxylic acids is 1. The summed E-state index contributed by atoms with van der Waals surface area (Å²) in [7, 11) is 3.33. The lowest BCUT2D eigenvalue weighted by molar-refractivity contribution is -0.125. The Morgan fingerprint density at radius 3 is 3.05 bits per heavy atom. The fraction of sp³-hybridized carbons (Fsp3) is 0.500. The highest BCUT2D eigenvalue weighted by atomic mass is 16.5. The number of nitrogens with two attached hydrogens (primary N) is 1. The molecule has 1 fully saturated rings. The van der Waals surface area contributed by atoms with E-state index in [1.54, 1.807) is 14.2 Å². The zero-order valence-electron chi connectivity index (χ0n) is 11.5. The van der Waals surface area contributed by atoms with Crippen molar-refractivity contribution in [1.29, 1.82) is 0 Å². The summed E-state index contributed by atoms with van der Waals surface area (Å²) in [5, 5.41) is 2.73. The largest absolute Gasteiger partial charge is 0.496 e. The van der Waals surface area contributed by atoms with Gasteiger partial charge in [0.15, 0.2) is 0 Å². The zero-order chi connectivity index (χ0) is 13.8. The summed E-state index contributed by atoms with van der Waals surface area (Å²) in [4.78, 5) is 14.0. The van der Waals surface area contributed by atoms with E-state index < -0.39 is 0 Å².